The Kier molecular flexibility index (Phi) is 6.44. The van der Waals surface area contributed by atoms with E-state index in [9.17, 15) is 13.6 Å². The highest BCUT2D eigenvalue weighted by atomic mass is 19.3. The second-order valence-corrected chi connectivity index (χ2v) is 8.65. The first-order valence-corrected chi connectivity index (χ1v) is 11.6. The van der Waals surface area contributed by atoms with E-state index in [-0.39, 0.29) is 24.4 Å². The Labute approximate surface area is 201 Å². The van der Waals surface area contributed by atoms with Crippen LogP contribution in [0.5, 0.6) is 0 Å². The van der Waals surface area contributed by atoms with Crippen LogP contribution >= 0.6 is 0 Å². The topological polar surface area (TPSA) is 102 Å². The maximum Gasteiger partial charge on any atom is 0.296 e. The molecule has 11 heteroatoms. The van der Waals surface area contributed by atoms with Gasteiger partial charge < -0.3 is 20.3 Å². The fourth-order valence-corrected chi connectivity index (χ4v) is 4.56. The molecule has 2 aromatic heterocycles. The molecule has 1 saturated heterocycles. The Morgan fingerprint density at radius 3 is 2.77 bits per heavy atom. The molecule has 0 unspecified atom stereocenters. The van der Waals surface area contributed by atoms with E-state index in [1.54, 1.807) is 29.2 Å². The average Bonchev–Trinajstić information content (AvgIpc) is 3.28. The molecule has 1 atom stereocenters. The number of alkyl halides is 2. The van der Waals surface area contributed by atoms with Crippen LogP contribution in [0.15, 0.2) is 36.4 Å². The van der Waals surface area contributed by atoms with Gasteiger partial charge in [-0.1, -0.05) is 18.2 Å². The first-order chi connectivity index (χ1) is 17.0. The zero-order valence-electron chi connectivity index (χ0n) is 19.4. The molecule has 184 valence electrons. The molecule has 1 aromatic carbocycles. The smallest absolute Gasteiger partial charge is 0.296 e. The number of rotatable bonds is 5. The molecule has 35 heavy (non-hydrogen) atoms. The van der Waals surface area contributed by atoms with E-state index in [0.29, 0.717) is 61.8 Å². The highest BCUT2D eigenvalue weighted by Crippen LogP contribution is 2.30. The lowest BCUT2D eigenvalue weighted by Crippen LogP contribution is -2.44. The molecule has 3 aromatic rings. The van der Waals surface area contributed by atoms with E-state index in [4.69, 9.17) is 20.4 Å². The number of nitrogens with zero attached hydrogens (tertiary/aromatic N) is 6. The first-order valence-electron chi connectivity index (χ1n) is 11.6. The number of para-hydroxylation sites is 2. The summed E-state index contributed by atoms with van der Waals surface area (Å²) in [5.74, 6) is 0.265. The molecule has 2 N–H and O–H groups in total. The summed E-state index contributed by atoms with van der Waals surface area (Å²) in [6.07, 6.45) is -0.285. The molecule has 0 spiro atoms. The van der Waals surface area contributed by atoms with Gasteiger partial charge in [0.2, 0.25) is 11.9 Å². The van der Waals surface area contributed by atoms with E-state index >= 15 is 0 Å². The summed E-state index contributed by atoms with van der Waals surface area (Å²) in [6, 6.07) is 8.91. The van der Waals surface area contributed by atoms with Gasteiger partial charge in [0.25, 0.3) is 6.43 Å². The molecule has 2 aliphatic heterocycles. The Morgan fingerprint density at radius 2 is 2.06 bits per heavy atom. The van der Waals surface area contributed by atoms with Crippen LogP contribution in [-0.2, 0) is 9.53 Å². The number of hydrogen-bond acceptors (Lipinski definition) is 7. The van der Waals surface area contributed by atoms with Gasteiger partial charge in [0.1, 0.15) is 5.82 Å². The van der Waals surface area contributed by atoms with Gasteiger partial charge in [-0.15, -0.1) is 0 Å². The largest absolute Gasteiger partial charge is 0.377 e. The summed E-state index contributed by atoms with van der Waals surface area (Å²) >= 11 is 0. The van der Waals surface area contributed by atoms with Crippen LogP contribution in [-0.4, -0.2) is 75.8 Å². The van der Waals surface area contributed by atoms with Gasteiger partial charge in [0, 0.05) is 25.7 Å². The predicted octanol–water partition coefficient (Wildman–Crippen LogP) is 2.55. The summed E-state index contributed by atoms with van der Waals surface area (Å²) in [4.78, 5) is 29.4. The molecule has 5 rings (SSSR count). The molecule has 1 fully saturated rings. The number of imidazole rings is 1. The molecule has 0 aliphatic carbocycles. The number of amides is 1. The second-order valence-electron chi connectivity index (χ2n) is 8.65. The van der Waals surface area contributed by atoms with Crippen molar-refractivity contribution in [3.05, 3.63) is 47.9 Å². The van der Waals surface area contributed by atoms with Gasteiger partial charge in [0.15, 0.2) is 5.82 Å². The Morgan fingerprint density at radius 1 is 1.23 bits per heavy atom. The van der Waals surface area contributed by atoms with E-state index in [1.807, 2.05) is 19.1 Å². The zero-order chi connectivity index (χ0) is 24.5. The number of carbonyl (C=O) groups excluding carboxylic acids is 1. The van der Waals surface area contributed by atoms with Crippen molar-refractivity contribution in [3.63, 3.8) is 0 Å². The second kappa shape index (κ2) is 9.67. The first kappa shape index (κ1) is 23.3. The van der Waals surface area contributed by atoms with Crippen molar-refractivity contribution < 1.29 is 18.3 Å². The van der Waals surface area contributed by atoms with Crippen LogP contribution in [0.25, 0.3) is 22.6 Å². The minimum atomic E-state index is -2.80. The van der Waals surface area contributed by atoms with Gasteiger partial charge in [-0.2, -0.15) is 4.98 Å². The number of halogens is 2. The van der Waals surface area contributed by atoms with Crippen LogP contribution in [0.3, 0.4) is 0 Å². The Hall–Kier alpha value is -3.44. The molecule has 0 radical (unpaired) electrons. The van der Waals surface area contributed by atoms with Crippen molar-refractivity contribution in [2.75, 3.05) is 44.3 Å². The van der Waals surface area contributed by atoms with Crippen LogP contribution in [0.4, 0.5) is 14.6 Å². The fraction of sp³-hybridized carbons (Fsp3) is 0.417. The number of benzene rings is 1. The van der Waals surface area contributed by atoms with Gasteiger partial charge in [-0.3, -0.25) is 9.36 Å². The van der Waals surface area contributed by atoms with Crippen molar-refractivity contribution >= 4 is 28.3 Å². The van der Waals surface area contributed by atoms with Crippen LogP contribution in [0, 0.1) is 0 Å². The number of carbonyl (C=O) groups is 1. The Bertz CT molecular complexity index is 1280. The molecule has 9 nitrogen and oxygen atoms in total. The molecule has 2 aliphatic rings. The third-order valence-corrected chi connectivity index (χ3v) is 6.41. The standard InChI is InChI=1S/C24H27F2N7O2/c1-15-14-35-11-10-32(15)20-12-18(16-6-8-31(9-7-16)21(34)13-27)29-24(30-20)33-19-5-3-2-4-17(19)28-23(33)22(25)26/h2-6,12,15,22H,7-11,13-14,27H2,1H3/t15-/m0/s1. The van der Waals surface area contributed by atoms with Gasteiger partial charge in [0.05, 0.1) is 42.5 Å². The number of nitrogens with two attached hydrogens (primary N) is 1. The third kappa shape index (κ3) is 4.48. The predicted molar refractivity (Wildman–Crippen MR) is 127 cm³/mol. The number of ether oxygens (including phenoxy) is 1. The van der Waals surface area contributed by atoms with Crippen LogP contribution < -0.4 is 10.6 Å². The summed E-state index contributed by atoms with van der Waals surface area (Å²) in [7, 11) is 0. The zero-order valence-corrected chi connectivity index (χ0v) is 19.4. The van der Waals surface area contributed by atoms with Crippen molar-refractivity contribution in [1.29, 1.82) is 0 Å². The maximum atomic E-state index is 14.1. The van der Waals surface area contributed by atoms with Crippen LogP contribution in [0.2, 0.25) is 0 Å². The van der Waals surface area contributed by atoms with E-state index in [0.717, 1.165) is 5.57 Å². The van der Waals surface area contributed by atoms with Gasteiger partial charge in [-0.25, -0.2) is 18.7 Å². The van der Waals surface area contributed by atoms with E-state index in [1.165, 1.54) is 4.57 Å². The number of morpholine rings is 1. The van der Waals surface area contributed by atoms with E-state index < -0.39 is 12.2 Å². The summed E-state index contributed by atoms with van der Waals surface area (Å²) in [6.45, 7) is 4.66. The van der Waals surface area contributed by atoms with Gasteiger partial charge >= 0.3 is 0 Å². The minimum Gasteiger partial charge on any atom is -0.377 e. The normalized spacial score (nSPS) is 18.9. The number of aromatic nitrogens is 4. The highest BCUT2D eigenvalue weighted by molar-refractivity contribution is 5.80. The summed E-state index contributed by atoms with van der Waals surface area (Å²) < 4.78 is 35.0. The Balaban J connectivity index is 1.64. The monoisotopic (exact) mass is 483 g/mol. The molecule has 1 amide bonds. The van der Waals surface area contributed by atoms with Crippen molar-refractivity contribution in [2.45, 2.75) is 25.8 Å². The SMILES string of the molecule is C[C@H]1COCCN1c1cc(C2=CCN(C(=O)CN)CC2)nc(-n2c(C(F)F)nc3ccccc32)n1. The molecule has 4 heterocycles. The molecule has 0 bridgehead atoms. The fourth-order valence-electron chi connectivity index (χ4n) is 4.56. The number of anilines is 1. The van der Waals surface area contributed by atoms with Gasteiger partial charge in [-0.05, 0) is 31.1 Å². The van der Waals surface area contributed by atoms with E-state index in [2.05, 4.69) is 9.88 Å². The van der Waals surface area contributed by atoms with Crippen molar-refractivity contribution in [3.8, 4) is 5.95 Å². The molecular weight excluding hydrogens is 456 g/mol. The third-order valence-electron chi connectivity index (χ3n) is 6.41. The summed E-state index contributed by atoms with van der Waals surface area (Å²) in [5, 5.41) is 0. The number of fused-ring (bicyclic) bond motifs is 1. The number of hydrogen-bond donors (Lipinski definition) is 1. The van der Waals surface area contributed by atoms with Crippen molar-refractivity contribution in [2.24, 2.45) is 5.73 Å². The van der Waals surface area contributed by atoms with Crippen LogP contribution in [0.1, 0.15) is 31.3 Å². The average molecular weight is 484 g/mol. The molecular formula is C24H27F2N7O2. The lowest BCUT2D eigenvalue weighted by atomic mass is 10.0. The molecule has 0 saturated carbocycles. The van der Waals surface area contributed by atoms with Crippen molar-refractivity contribution in [1.82, 2.24) is 24.4 Å². The minimum absolute atomic E-state index is 0.0377. The maximum absolute atomic E-state index is 14.1. The lowest BCUT2D eigenvalue weighted by molar-refractivity contribution is -0.129. The highest BCUT2D eigenvalue weighted by Gasteiger charge is 2.27. The lowest BCUT2D eigenvalue weighted by Gasteiger charge is -2.34. The summed E-state index contributed by atoms with van der Waals surface area (Å²) in [5.41, 5.74) is 8.04. The quantitative estimate of drug-likeness (QED) is 0.595.